The van der Waals surface area contributed by atoms with Gasteiger partial charge in [0.15, 0.2) is 0 Å². The number of imidazole rings is 1. The van der Waals surface area contributed by atoms with Gasteiger partial charge in [0, 0.05) is 18.4 Å². The number of aromatic nitrogens is 4. The second kappa shape index (κ2) is 6.51. The number of amides is 1. The Bertz CT molecular complexity index is 1110. The number of carbonyl (C=O) groups is 1. The van der Waals surface area contributed by atoms with Gasteiger partial charge < -0.3 is 10.4 Å². The molecule has 9 heteroatoms. The smallest absolute Gasteiger partial charge is 0.328 e. The predicted molar refractivity (Wildman–Crippen MR) is 106 cm³/mol. The zero-order valence-corrected chi connectivity index (χ0v) is 16.5. The molecule has 1 fully saturated rings. The molecule has 8 nitrogen and oxygen atoms in total. The maximum absolute atomic E-state index is 12.8. The second-order valence-corrected chi connectivity index (χ2v) is 8.89. The van der Waals surface area contributed by atoms with Crippen molar-refractivity contribution in [1.82, 2.24) is 24.6 Å². The monoisotopic (exact) mass is 401 g/mol. The van der Waals surface area contributed by atoms with Crippen molar-refractivity contribution >= 4 is 27.5 Å². The Morgan fingerprint density at radius 2 is 2.14 bits per heavy atom. The lowest BCUT2D eigenvalue weighted by atomic mass is 9.96. The molecule has 5 rings (SSSR count). The molecule has 28 heavy (non-hydrogen) atoms. The standard InChI is InChI=1S/C19H23N5O3S/c1-10-13-8-15(28-18(13)24(22-10)12-5-3-2-4-6-12)17(26)20-11-7-14-16(25)21-19(27)23(14)9-11/h8,11-12,25H,2-7,9H2,1H3,(H,20,26)(H,21,27)/t11-/m0/s1. The molecule has 4 heterocycles. The molecule has 1 saturated carbocycles. The van der Waals surface area contributed by atoms with Crippen LogP contribution in [0.4, 0.5) is 0 Å². The van der Waals surface area contributed by atoms with E-state index in [1.54, 1.807) is 0 Å². The number of nitrogens with zero attached hydrogens (tertiary/aromatic N) is 3. The first-order chi connectivity index (χ1) is 13.5. The Hall–Kier alpha value is -2.55. The first-order valence-corrected chi connectivity index (χ1v) is 10.6. The lowest BCUT2D eigenvalue weighted by molar-refractivity contribution is 0.0940. The fourth-order valence-electron chi connectivity index (χ4n) is 4.52. The normalized spacial score (nSPS) is 20.0. The molecule has 3 aromatic heterocycles. The summed E-state index contributed by atoms with van der Waals surface area (Å²) >= 11 is 1.49. The minimum absolute atomic E-state index is 0.105. The topological polar surface area (TPSA) is 105 Å². The molecule has 148 valence electrons. The third-order valence-electron chi connectivity index (χ3n) is 5.96. The molecular formula is C19H23N5O3S. The molecule has 0 spiro atoms. The van der Waals surface area contributed by atoms with Gasteiger partial charge in [0.05, 0.1) is 28.3 Å². The molecule has 3 N–H and O–H groups in total. The van der Waals surface area contributed by atoms with Gasteiger partial charge in [-0.15, -0.1) is 11.3 Å². The summed E-state index contributed by atoms with van der Waals surface area (Å²) in [5.41, 5.74) is 1.17. The van der Waals surface area contributed by atoms with Crippen molar-refractivity contribution in [2.24, 2.45) is 0 Å². The van der Waals surface area contributed by atoms with E-state index in [9.17, 15) is 14.7 Å². The molecule has 1 aliphatic heterocycles. The van der Waals surface area contributed by atoms with Crippen LogP contribution in [0.25, 0.3) is 10.2 Å². The van der Waals surface area contributed by atoms with Crippen molar-refractivity contribution in [3.05, 3.63) is 32.8 Å². The maximum Gasteiger partial charge on any atom is 0.328 e. The van der Waals surface area contributed by atoms with Crippen molar-refractivity contribution in [2.75, 3.05) is 0 Å². The Morgan fingerprint density at radius 3 is 2.89 bits per heavy atom. The lowest BCUT2D eigenvalue weighted by Crippen LogP contribution is -2.36. The van der Waals surface area contributed by atoms with E-state index in [-0.39, 0.29) is 23.5 Å². The molecule has 0 unspecified atom stereocenters. The van der Waals surface area contributed by atoms with Gasteiger partial charge >= 0.3 is 5.69 Å². The Labute approximate surface area is 165 Å². The number of fused-ring (bicyclic) bond motifs is 2. The van der Waals surface area contributed by atoms with Gasteiger partial charge in [-0.2, -0.15) is 5.10 Å². The third kappa shape index (κ3) is 2.76. The molecule has 0 bridgehead atoms. The number of hydrogen-bond acceptors (Lipinski definition) is 5. The van der Waals surface area contributed by atoms with Crippen molar-refractivity contribution in [1.29, 1.82) is 0 Å². The highest BCUT2D eigenvalue weighted by Gasteiger charge is 2.29. The summed E-state index contributed by atoms with van der Waals surface area (Å²) in [6.45, 7) is 2.37. The van der Waals surface area contributed by atoms with Crippen molar-refractivity contribution in [3.63, 3.8) is 0 Å². The third-order valence-corrected chi connectivity index (χ3v) is 7.08. The van der Waals surface area contributed by atoms with Gasteiger partial charge in [-0.1, -0.05) is 19.3 Å². The number of aromatic amines is 1. The highest BCUT2D eigenvalue weighted by molar-refractivity contribution is 7.20. The number of H-pyrrole nitrogens is 1. The molecule has 1 amide bonds. The molecule has 2 aliphatic rings. The highest BCUT2D eigenvalue weighted by Crippen LogP contribution is 2.35. The van der Waals surface area contributed by atoms with Gasteiger partial charge in [-0.3, -0.25) is 19.0 Å². The Morgan fingerprint density at radius 1 is 1.36 bits per heavy atom. The SMILES string of the molecule is Cc1nn(C2CCCCC2)c2sc(C(=O)N[C@H]3Cc4c(O)[nH]c(=O)n4C3)cc12. The van der Waals surface area contributed by atoms with E-state index in [4.69, 9.17) is 5.10 Å². The second-order valence-electron chi connectivity index (χ2n) is 7.86. The van der Waals surface area contributed by atoms with E-state index in [1.807, 2.05) is 13.0 Å². The molecule has 0 radical (unpaired) electrons. The average molecular weight is 401 g/mol. The summed E-state index contributed by atoms with van der Waals surface area (Å²) in [7, 11) is 0. The van der Waals surface area contributed by atoms with Gasteiger partial charge in [0.1, 0.15) is 4.83 Å². The largest absolute Gasteiger partial charge is 0.493 e. The number of hydrogen-bond donors (Lipinski definition) is 3. The molecule has 0 saturated heterocycles. The van der Waals surface area contributed by atoms with Crippen LogP contribution >= 0.6 is 11.3 Å². The number of nitrogens with one attached hydrogen (secondary N) is 2. The summed E-state index contributed by atoms with van der Waals surface area (Å²) in [5.74, 6) is -0.241. The summed E-state index contributed by atoms with van der Waals surface area (Å²) in [6, 6.07) is 2.16. The van der Waals surface area contributed by atoms with Crippen molar-refractivity contribution < 1.29 is 9.90 Å². The number of aromatic hydroxyl groups is 1. The van der Waals surface area contributed by atoms with Crippen LogP contribution in [0, 0.1) is 6.92 Å². The minimum atomic E-state index is -0.339. The predicted octanol–water partition coefficient (Wildman–Crippen LogP) is 2.46. The molecule has 1 aliphatic carbocycles. The van der Waals surface area contributed by atoms with Crippen LogP contribution in [0.5, 0.6) is 5.88 Å². The van der Waals surface area contributed by atoms with Crippen LogP contribution in [0.15, 0.2) is 10.9 Å². The van der Waals surface area contributed by atoms with E-state index >= 15 is 0 Å². The zero-order valence-electron chi connectivity index (χ0n) is 15.7. The van der Waals surface area contributed by atoms with Crippen LogP contribution < -0.4 is 11.0 Å². The quantitative estimate of drug-likeness (QED) is 0.627. The minimum Gasteiger partial charge on any atom is -0.493 e. The van der Waals surface area contributed by atoms with Crippen LogP contribution in [-0.4, -0.2) is 36.4 Å². The summed E-state index contributed by atoms with van der Waals surface area (Å²) in [5, 5.41) is 18.6. The number of thiophene rings is 1. The Balaban J connectivity index is 1.37. The summed E-state index contributed by atoms with van der Waals surface area (Å²) < 4.78 is 3.61. The number of aryl methyl sites for hydroxylation is 1. The maximum atomic E-state index is 12.8. The summed E-state index contributed by atoms with van der Waals surface area (Å²) in [6.07, 6.45) is 6.50. The highest BCUT2D eigenvalue weighted by atomic mass is 32.1. The Kier molecular flexibility index (Phi) is 4.08. The van der Waals surface area contributed by atoms with Crippen LogP contribution in [0.3, 0.4) is 0 Å². The van der Waals surface area contributed by atoms with Gasteiger partial charge in [-0.05, 0) is 25.8 Å². The van der Waals surface area contributed by atoms with Gasteiger partial charge in [0.2, 0.25) is 5.88 Å². The van der Waals surface area contributed by atoms with E-state index in [0.29, 0.717) is 29.6 Å². The lowest BCUT2D eigenvalue weighted by Gasteiger charge is -2.22. The van der Waals surface area contributed by atoms with Crippen LogP contribution in [0.2, 0.25) is 0 Å². The number of carbonyl (C=O) groups excluding carboxylic acids is 1. The fraction of sp³-hybridized carbons (Fsp3) is 0.526. The van der Waals surface area contributed by atoms with Gasteiger partial charge in [0.25, 0.3) is 5.91 Å². The van der Waals surface area contributed by atoms with E-state index < -0.39 is 0 Å². The van der Waals surface area contributed by atoms with Crippen molar-refractivity contribution in [2.45, 2.75) is 64.1 Å². The summed E-state index contributed by atoms with van der Waals surface area (Å²) in [4.78, 5) is 28.7. The first-order valence-electron chi connectivity index (χ1n) is 9.81. The van der Waals surface area contributed by atoms with Crippen molar-refractivity contribution in [3.8, 4) is 5.88 Å². The van der Waals surface area contributed by atoms with E-state index in [1.165, 1.54) is 35.2 Å². The molecule has 0 aromatic carbocycles. The van der Waals surface area contributed by atoms with Gasteiger partial charge in [-0.25, -0.2) is 4.79 Å². The van der Waals surface area contributed by atoms with E-state index in [2.05, 4.69) is 15.0 Å². The molecular weight excluding hydrogens is 378 g/mol. The zero-order chi connectivity index (χ0) is 19.4. The fourth-order valence-corrected chi connectivity index (χ4v) is 5.66. The number of rotatable bonds is 3. The first kappa shape index (κ1) is 17.5. The van der Waals surface area contributed by atoms with E-state index in [0.717, 1.165) is 28.8 Å². The van der Waals surface area contributed by atoms with Crippen LogP contribution in [0.1, 0.15) is 59.2 Å². The van der Waals surface area contributed by atoms with Crippen LogP contribution in [-0.2, 0) is 13.0 Å². The average Bonchev–Trinajstić information content (AvgIpc) is 3.41. The molecule has 3 aromatic rings. The molecule has 1 atom stereocenters.